The van der Waals surface area contributed by atoms with E-state index < -0.39 is 52.8 Å². The number of benzene rings is 2. The highest BCUT2D eigenvalue weighted by atomic mass is 19.1. The maximum Gasteiger partial charge on any atom is 0.313 e. The van der Waals surface area contributed by atoms with E-state index in [0.29, 0.717) is 164 Å². The number of ketones is 1. The van der Waals surface area contributed by atoms with Gasteiger partial charge in [0.25, 0.3) is 17.6 Å². The highest BCUT2D eigenvalue weighted by molar-refractivity contribution is 6.45. The zero-order valence-corrected chi connectivity index (χ0v) is 52.7. The number of amides is 2. The number of methoxy groups -OCH3 is 1. The van der Waals surface area contributed by atoms with E-state index >= 15 is 0 Å². The number of esters is 1. The van der Waals surface area contributed by atoms with E-state index in [-0.39, 0.29) is 81.5 Å². The Morgan fingerprint density at radius 2 is 1.45 bits per heavy atom. The molecule has 7 heterocycles. The summed E-state index contributed by atoms with van der Waals surface area (Å²) in [5.74, 6) is -6.28. The number of hydrogen-bond acceptors (Lipinski definition) is 25. The number of allylic oxidation sites excluding steroid dienone is 1. The van der Waals surface area contributed by atoms with Crippen LogP contribution in [0.2, 0.25) is 0 Å². The first-order valence-corrected chi connectivity index (χ1v) is 31.0. The van der Waals surface area contributed by atoms with Gasteiger partial charge in [0, 0.05) is 56.6 Å². The van der Waals surface area contributed by atoms with Crippen molar-refractivity contribution in [1.29, 1.82) is 5.26 Å². The van der Waals surface area contributed by atoms with Crippen LogP contribution in [0.25, 0.3) is 22.3 Å². The Morgan fingerprint density at radius 1 is 0.792 bits per heavy atom. The molecule has 0 radical (unpaired) electrons. The van der Waals surface area contributed by atoms with Gasteiger partial charge in [-0.2, -0.15) is 9.94 Å². The molecule has 2 aromatic carbocycles. The Hall–Kier alpha value is -9.37. The van der Waals surface area contributed by atoms with Crippen LogP contribution >= 0.6 is 0 Å². The van der Waals surface area contributed by atoms with Gasteiger partial charge in [0.15, 0.2) is 17.5 Å². The number of Topliss-reactive ketones (excluding diaryl/α,β-unsaturated/α-hetero) is 1. The molecule has 2 aliphatic rings. The molecule has 4 N–H and O–H groups in total. The summed E-state index contributed by atoms with van der Waals surface area (Å²) >= 11 is 0. The number of carbonyl (C=O) groups is 4. The quantitative estimate of drug-likeness (QED) is 0.0106. The lowest BCUT2D eigenvalue weighted by atomic mass is 9.93. The lowest BCUT2D eigenvalue weighted by Crippen LogP contribution is -2.40. The third-order valence-corrected chi connectivity index (χ3v) is 15.0. The second-order valence-corrected chi connectivity index (χ2v) is 21.5. The summed E-state index contributed by atoms with van der Waals surface area (Å²) in [5, 5.41) is 39.4. The molecule has 0 saturated carbocycles. The number of nitrogens with zero attached hydrogens (tertiary/aromatic N) is 12. The fourth-order valence-corrected chi connectivity index (χ4v) is 10.3. The molecular formula is C63H74F3N15O15. The van der Waals surface area contributed by atoms with Crippen molar-refractivity contribution >= 4 is 51.7 Å². The Labute approximate surface area is 548 Å². The average Bonchev–Trinajstić information content (AvgIpc) is 1.59. The minimum absolute atomic E-state index is 0.0617. The molecule has 0 spiro atoms. The zero-order valence-electron chi connectivity index (χ0n) is 52.7. The van der Waals surface area contributed by atoms with Crippen molar-refractivity contribution in [3.63, 3.8) is 0 Å². The molecule has 9 rings (SSSR count). The topological polar surface area (TPSA) is 351 Å². The van der Waals surface area contributed by atoms with Gasteiger partial charge in [0.2, 0.25) is 11.6 Å². The number of aromatic nitrogens is 10. The Morgan fingerprint density at radius 3 is 2.11 bits per heavy atom. The van der Waals surface area contributed by atoms with Gasteiger partial charge in [-0.15, -0.1) is 10.2 Å². The minimum atomic E-state index is -1.32. The summed E-state index contributed by atoms with van der Waals surface area (Å²) < 4.78 is 97.7. The van der Waals surface area contributed by atoms with E-state index in [1.165, 1.54) is 41.7 Å². The molecule has 5 aromatic heterocycles. The van der Waals surface area contributed by atoms with Crippen molar-refractivity contribution in [2.24, 2.45) is 0 Å². The van der Waals surface area contributed by atoms with Crippen LogP contribution in [-0.4, -0.2) is 234 Å². The van der Waals surface area contributed by atoms with Crippen LogP contribution in [0.15, 0.2) is 85.3 Å². The highest BCUT2D eigenvalue weighted by Gasteiger charge is 2.35. The number of aliphatic hydroxyl groups excluding tert-OH is 1. The maximum atomic E-state index is 13.9. The number of rotatable bonds is 40. The molecule has 30 nitrogen and oxygen atoms in total. The Balaban J connectivity index is 0.579. The van der Waals surface area contributed by atoms with E-state index in [1.807, 2.05) is 35.2 Å². The van der Waals surface area contributed by atoms with Crippen LogP contribution in [0.5, 0.6) is 11.5 Å². The van der Waals surface area contributed by atoms with E-state index in [4.69, 9.17) is 42.6 Å². The van der Waals surface area contributed by atoms with Gasteiger partial charge in [-0.1, -0.05) is 35.5 Å². The van der Waals surface area contributed by atoms with Crippen molar-refractivity contribution in [1.82, 2.24) is 59.9 Å². The van der Waals surface area contributed by atoms with E-state index in [1.54, 1.807) is 16.9 Å². The zero-order chi connectivity index (χ0) is 67.4. The first kappa shape index (κ1) is 70.9. The van der Waals surface area contributed by atoms with Crippen LogP contribution in [0.4, 0.5) is 24.8 Å². The third-order valence-electron chi connectivity index (χ3n) is 15.0. The molecule has 7 aromatic rings. The van der Waals surface area contributed by atoms with E-state index in [0.717, 1.165) is 11.1 Å². The monoisotopic (exact) mass is 1340 g/mol. The SMILES string of the molecule is COc1cnc(-n2cnc(C(=O)N[C@H]3C[C@@H](CO)N(c4cc(NCCOCCOCCOCCOCc5cn(CCOCCOCCOCCOCCC(=O)Oc6c(F)cc(F)cc6F)nn5)ncn4)C3)n2)c2[nH]cc(C(=O)C(=O)N3CCC(=C(C#N)c4ccccc4)CC3)c12. The average molecular weight is 1340 g/mol. The molecule has 2 fully saturated rings. The number of halogens is 3. The second-order valence-electron chi connectivity index (χ2n) is 21.5. The number of piperidine rings is 1. The largest absolute Gasteiger partial charge is 0.494 e. The first-order valence-electron chi connectivity index (χ1n) is 31.0. The van der Waals surface area contributed by atoms with Gasteiger partial charge in [0.05, 0.1) is 179 Å². The van der Waals surface area contributed by atoms with Crippen molar-refractivity contribution in [3.05, 3.63) is 125 Å². The molecule has 512 valence electrons. The number of aliphatic hydroxyl groups is 1. The molecule has 0 bridgehead atoms. The number of hydrogen-bond donors (Lipinski definition) is 4. The smallest absolute Gasteiger partial charge is 0.313 e. The van der Waals surface area contributed by atoms with Crippen LogP contribution in [0, 0.1) is 28.8 Å². The number of pyridine rings is 1. The second kappa shape index (κ2) is 37.1. The van der Waals surface area contributed by atoms with E-state index in [2.05, 4.69) is 61.8 Å². The highest BCUT2D eigenvalue weighted by Crippen LogP contribution is 2.33. The van der Waals surface area contributed by atoms with E-state index in [9.17, 15) is 42.7 Å². The van der Waals surface area contributed by atoms with Gasteiger partial charge >= 0.3 is 5.97 Å². The van der Waals surface area contributed by atoms with Crippen LogP contribution in [0.3, 0.4) is 0 Å². The first-order chi connectivity index (χ1) is 46.9. The summed E-state index contributed by atoms with van der Waals surface area (Å²) in [5.41, 5.74) is 3.38. The molecule has 2 atom stereocenters. The summed E-state index contributed by atoms with van der Waals surface area (Å²) in [6.07, 6.45) is 8.37. The van der Waals surface area contributed by atoms with Gasteiger partial charge in [-0.3, -0.25) is 19.2 Å². The van der Waals surface area contributed by atoms with Crippen LogP contribution < -0.4 is 25.0 Å². The number of nitrogens with one attached hydrogen (secondary N) is 3. The van der Waals surface area contributed by atoms with Gasteiger partial charge in [-0.25, -0.2) is 37.8 Å². The number of H-pyrrole nitrogens is 1. The summed E-state index contributed by atoms with van der Waals surface area (Å²) in [6, 6.07) is 13.5. The van der Waals surface area contributed by atoms with Gasteiger partial charge in [-0.05, 0) is 30.4 Å². The van der Waals surface area contributed by atoms with Crippen molar-refractivity contribution in [3.8, 4) is 23.4 Å². The number of likely N-dealkylation sites (tertiary alicyclic amines) is 1. The number of anilines is 2. The summed E-state index contributed by atoms with van der Waals surface area (Å²) in [4.78, 5) is 77.0. The molecule has 0 aliphatic carbocycles. The Bertz CT molecular complexity index is 3730. The number of carbonyl (C=O) groups excluding carboxylic acids is 4. The Kier molecular flexibility index (Phi) is 27.4. The molecule has 2 amide bonds. The fraction of sp³-hybridized carbons (Fsp3) is 0.460. The number of nitriles is 1. The third kappa shape index (κ3) is 20.3. The summed E-state index contributed by atoms with van der Waals surface area (Å²) in [7, 11) is 1.42. The summed E-state index contributed by atoms with van der Waals surface area (Å²) in [6.45, 7) is 6.55. The standard InChI is InChI=1S/C63H74F3N15O15/c1-87-52-35-70-61(57-56(52)49(34-69-57)58(84)63(86)78-11-7-43(8-12-78)48(33-67)42-5-3-2-4-6-42)81-41-73-60(76-81)62(85)74-45-31-47(38-82)80(37-45)54-32-53(71-40-72-54)68-10-15-89-18-21-92-25-26-94-27-28-95-39-46-36-79(77-75-46)13-16-90-19-22-93-24-23-91-20-17-88-14-9-55(83)96-59-50(65)29-44(64)30-51(59)66/h2-6,29-30,32,34-36,40-41,45,47,69,82H,7-28,31,37-39H2,1H3,(H,74,85)(H,68,71,72)/t45-,47-/m0/s1. The predicted molar refractivity (Wildman–Crippen MR) is 333 cm³/mol. The minimum Gasteiger partial charge on any atom is -0.494 e. The molecule has 0 unspecified atom stereocenters. The molecule has 33 heteroatoms. The molecule has 2 saturated heterocycles. The fourth-order valence-electron chi connectivity index (χ4n) is 10.3. The number of ether oxygens (including phenoxy) is 10. The van der Waals surface area contributed by atoms with Crippen LogP contribution in [0.1, 0.15) is 57.9 Å². The van der Waals surface area contributed by atoms with Crippen molar-refractivity contribution < 1.29 is 84.8 Å². The van der Waals surface area contributed by atoms with Gasteiger partial charge in [0.1, 0.15) is 41.6 Å². The van der Waals surface area contributed by atoms with Crippen molar-refractivity contribution in [2.45, 2.75) is 50.9 Å². The molecule has 2 aliphatic heterocycles. The van der Waals surface area contributed by atoms with Gasteiger partial charge < -0.3 is 77.9 Å². The molecule has 96 heavy (non-hydrogen) atoms. The van der Waals surface area contributed by atoms with Crippen molar-refractivity contribution in [2.75, 3.05) is 149 Å². The normalized spacial score (nSPS) is 14.7. The lowest BCUT2D eigenvalue weighted by molar-refractivity contribution is -0.136. The number of fused-ring (bicyclic) bond motifs is 1. The molecular weight excluding hydrogens is 1260 g/mol. The lowest BCUT2D eigenvalue weighted by Gasteiger charge is -2.28. The van der Waals surface area contributed by atoms with Crippen LogP contribution in [-0.2, 0) is 60.6 Å². The maximum absolute atomic E-state index is 13.9. The number of aromatic amines is 1. The predicted octanol–water partition coefficient (Wildman–Crippen LogP) is 3.84.